The van der Waals surface area contributed by atoms with E-state index in [9.17, 15) is 0 Å². The molecule has 0 N–H and O–H groups in total. The summed E-state index contributed by atoms with van der Waals surface area (Å²) >= 11 is 0. The lowest BCUT2D eigenvalue weighted by atomic mass is 10.1. The summed E-state index contributed by atoms with van der Waals surface area (Å²) in [6.45, 7) is 2.04. The quantitative estimate of drug-likeness (QED) is 0.740. The fourth-order valence-electron chi connectivity index (χ4n) is 1.65. The first-order valence-electron chi connectivity index (χ1n) is 5.02. The number of rotatable bonds is 2. The Morgan fingerprint density at radius 2 is 2.20 bits per heavy atom. The van der Waals surface area contributed by atoms with Gasteiger partial charge in [-0.15, -0.1) is 0 Å². The van der Waals surface area contributed by atoms with Crippen LogP contribution in [0.15, 0.2) is 30.5 Å². The van der Waals surface area contributed by atoms with Gasteiger partial charge in [0.05, 0.1) is 11.6 Å². The molecule has 0 spiro atoms. The summed E-state index contributed by atoms with van der Waals surface area (Å²) in [6, 6.07) is 10.5. The summed E-state index contributed by atoms with van der Waals surface area (Å²) in [5, 5.41) is 9.68. The minimum atomic E-state index is 0.574. The molecule has 2 aromatic rings. The molecule has 0 radical (unpaired) electrons. The molecule has 0 bridgehead atoms. The Hall–Kier alpha value is -1.88. The van der Waals surface area contributed by atoms with Gasteiger partial charge in [-0.2, -0.15) is 5.26 Å². The lowest BCUT2D eigenvalue weighted by molar-refractivity contribution is 1.01. The molecule has 2 heteroatoms. The van der Waals surface area contributed by atoms with Crippen LogP contribution in [-0.2, 0) is 6.42 Å². The van der Waals surface area contributed by atoms with Crippen LogP contribution in [0.3, 0.4) is 0 Å². The number of nitrogens with zero attached hydrogens (tertiary/aromatic N) is 2. The first kappa shape index (κ1) is 9.67. The predicted octanol–water partition coefficient (Wildman–Crippen LogP) is 3.00. The van der Waals surface area contributed by atoms with Crippen LogP contribution in [0.2, 0.25) is 0 Å². The maximum absolute atomic E-state index is 8.52. The van der Waals surface area contributed by atoms with Crippen LogP contribution in [0.25, 0.3) is 10.9 Å². The Labute approximate surface area is 89.2 Å². The van der Waals surface area contributed by atoms with Crippen molar-refractivity contribution in [1.29, 1.82) is 5.26 Å². The number of nitriles is 1. The van der Waals surface area contributed by atoms with Crippen molar-refractivity contribution in [3.63, 3.8) is 0 Å². The first-order chi connectivity index (χ1) is 7.29. The van der Waals surface area contributed by atoms with Gasteiger partial charge >= 0.3 is 0 Å². The molecule has 0 aliphatic heterocycles. The Morgan fingerprint density at radius 1 is 1.33 bits per heavy atom. The van der Waals surface area contributed by atoms with Crippen LogP contribution >= 0.6 is 0 Å². The van der Waals surface area contributed by atoms with Crippen molar-refractivity contribution in [3.8, 4) is 6.07 Å². The van der Waals surface area contributed by atoms with E-state index in [0.29, 0.717) is 6.42 Å². The third-order valence-electron chi connectivity index (χ3n) is 2.41. The molecule has 0 aliphatic rings. The molecule has 0 saturated heterocycles. The highest BCUT2D eigenvalue weighted by molar-refractivity contribution is 5.79. The maximum atomic E-state index is 8.52. The van der Waals surface area contributed by atoms with Gasteiger partial charge in [-0.1, -0.05) is 6.07 Å². The highest BCUT2D eigenvalue weighted by atomic mass is 14.6. The van der Waals surface area contributed by atoms with Crippen LogP contribution in [-0.4, -0.2) is 4.98 Å². The van der Waals surface area contributed by atoms with Crippen molar-refractivity contribution >= 4 is 10.9 Å². The van der Waals surface area contributed by atoms with Gasteiger partial charge in [-0.25, -0.2) is 0 Å². The van der Waals surface area contributed by atoms with Gasteiger partial charge in [0.2, 0.25) is 0 Å². The molecule has 0 aliphatic carbocycles. The molecule has 1 aromatic heterocycles. The molecule has 2 nitrogen and oxygen atoms in total. The Balaban J connectivity index is 2.41. The van der Waals surface area contributed by atoms with Crippen LogP contribution in [0.4, 0.5) is 0 Å². The van der Waals surface area contributed by atoms with E-state index in [0.717, 1.165) is 17.3 Å². The number of hydrogen-bond donors (Lipinski definition) is 0. The van der Waals surface area contributed by atoms with Gasteiger partial charge in [0.1, 0.15) is 0 Å². The van der Waals surface area contributed by atoms with Crippen LogP contribution in [0.5, 0.6) is 0 Å². The van der Waals surface area contributed by atoms with Crippen molar-refractivity contribution in [1.82, 2.24) is 4.98 Å². The van der Waals surface area contributed by atoms with Crippen molar-refractivity contribution < 1.29 is 0 Å². The summed E-state index contributed by atoms with van der Waals surface area (Å²) in [5.74, 6) is 0. The number of aryl methyl sites for hydroxylation is 2. The average molecular weight is 196 g/mol. The fraction of sp³-hybridized carbons (Fsp3) is 0.231. The second-order valence-corrected chi connectivity index (χ2v) is 3.70. The summed E-state index contributed by atoms with van der Waals surface area (Å²) < 4.78 is 0. The predicted molar refractivity (Wildman–Crippen MR) is 60.4 cm³/mol. The van der Waals surface area contributed by atoms with Gasteiger partial charge in [0.25, 0.3) is 0 Å². The molecule has 0 unspecified atom stereocenters. The second kappa shape index (κ2) is 4.10. The number of hydrogen-bond acceptors (Lipinski definition) is 2. The van der Waals surface area contributed by atoms with Crippen molar-refractivity contribution in [3.05, 3.63) is 41.6 Å². The lowest BCUT2D eigenvalue weighted by Crippen LogP contribution is -1.86. The Bertz CT molecular complexity index is 524. The number of pyridine rings is 1. The van der Waals surface area contributed by atoms with Crippen molar-refractivity contribution in [2.45, 2.75) is 19.8 Å². The largest absolute Gasteiger partial charge is 0.256 e. The SMILES string of the molecule is Cc1cnc2ccc(CCC#N)cc2c1. The van der Waals surface area contributed by atoms with E-state index in [2.05, 4.69) is 23.2 Å². The average Bonchev–Trinajstić information content (AvgIpc) is 2.25. The monoisotopic (exact) mass is 196 g/mol. The van der Waals surface area contributed by atoms with E-state index in [4.69, 9.17) is 5.26 Å². The summed E-state index contributed by atoms with van der Waals surface area (Å²) in [7, 11) is 0. The Kier molecular flexibility index (Phi) is 2.64. The van der Waals surface area contributed by atoms with Crippen molar-refractivity contribution in [2.24, 2.45) is 0 Å². The zero-order chi connectivity index (χ0) is 10.7. The van der Waals surface area contributed by atoms with E-state index >= 15 is 0 Å². The number of fused-ring (bicyclic) bond motifs is 1. The van der Waals surface area contributed by atoms with Gasteiger partial charge in [0.15, 0.2) is 0 Å². The van der Waals surface area contributed by atoms with Crippen LogP contribution in [0.1, 0.15) is 17.5 Å². The van der Waals surface area contributed by atoms with E-state index < -0.39 is 0 Å². The van der Waals surface area contributed by atoms with Crippen LogP contribution in [0, 0.1) is 18.3 Å². The molecule has 2 rings (SSSR count). The van der Waals surface area contributed by atoms with E-state index in [-0.39, 0.29) is 0 Å². The normalized spacial score (nSPS) is 10.1. The van der Waals surface area contributed by atoms with E-state index in [1.54, 1.807) is 0 Å². The molecule has 0 fully saturated rings. The number of benzene rings is 1. The third kappa shape index (κ3) is 2.13. The zero-order valence-electron chi connectivity index (χ0n) is 8.70. The Morgan fingerprint density at radius 3 is 3.00 bits per heavy atom. The minimum absolute atomic E-state index is 0.574. The van der Waals surface area contributed by atoms with Gasteiger partial charge < -0.3 is 0 Å². The smallest absolute Gasteiger partial charge is 0.0702 e. The fourth-order valence-corrected chi connectivity index (χ4v) is 1.65. The molecule has 0 saturated carbocycles. The van der Waals surface area contributed by atoms with E-state index in [1.165, 1.54) is 11.1 Å². The van der Waals surface area contributed by atoms with Gasteiger partial charge in [-0.3, -0.25) is 4.98 Å². The first-order valence-corrected chi connectivity index (χ1v) is 5.02. The molecule has 1 heterocycles. The molecular formula is C13H12N2. The van der Waals surface area contributed by atoms with Gasteiger partial charge in [-0.05, 0) is 42.7 Å². The molecular weight excluding hydrogens is 184 g/mol. The molecule has 74 valence electrons. The second-order valence-electron chi connectivity index (χ2n) is 3.70. The van der Waals surface area contributed by atoms with Gasteiger partial charge in [0, 0.05) is 18.0 Å². The summed E-state index contributed by atoms with van der Waals surface area (Å²) in [4.78, 5) is 4.34. The molecule has 15 heavy (non-hydrogen) atoms. The summed E-state index contributed by atoms with van der Waals surface area (Å²) in [5.41, 5.74) is 3.39. The van der Waals surface area contributed by atoms with Crippen LogP contribution < -0.4 is 0 Å². The highest BCUT2D eigenvalue weighted by Gasteiger charge is 1.98. The zero-order valence-corrected chi connectivity index (χ0v) is 8.70. The topological polar surface area (TPSA) is 36.7 Å². The molecule has 1 aromatic carbocycles. The third-order valence-corrected chi connectivity index (χ3v) is 2.41. The standard InChI is InChI=1S/C13H12N2/c1-10-7-12-8-11(3-2-6-14)4-5-13(12)15-9-10/h4-5,7-9H,2-3H2,1H3. The molecule has 0 atom stereocenters. The number of aromatic nitrogens is 1. The minimum Gasteiger partial charge on any atom is -0.256 e. The van der Waals surface area contributed by atoms with E-state index in [1.807, 2.05) is 25.3 Å². The maximum Gasteiger partial charge on any atom is 0.0702 e. The molecule has 0 amide bonds. The highest BCUT2D eigenvalue weighted by Crippen LogP contribution is 2.16. The lowest BCUT2D eigenvalue weighted by Gasteiger charge is -2.01. The van der Waals surface area contributed by atoms with Crippen molar-refractivity contribution in [2.75, 3.05) is 0 Å². The summed E-state index contributed by atoms with van der Waals surface area (Å²) in [6.07, 6.45) is 3.27.